The molecule has 0 saturated carbocycles. The number of benzene rings is 2. The molecule has 0 spiro atoms. The maximum atomic E-state index is 10.8. The van der Waals surface area contributed by atoms with Gasteiger partial charge < -0.3 is 15.6 Å². The first-order valence-corrected chi connectivity index (χ1v) is 5.98. The van der Waals surface area contributed by atoms with Crippen LogP contribution in [0.5, 0.6) is 11.5 Å². The quantitative estimate of drug-likeness (QED) is 0.838. The Morgan fingerprint density at radius 2 is 1.68 bits per heavy atom. The molecule has 3 N–H and O–H groups in total. The van der Waals surface area contributed by atoms with Gasteiger partial charge in [-0.3, -0.25) is 0 Å². The number of hydrogen-bond donors (Lipinski definition) is 2. The van der Waals surface area contributed by atoms with Crippen LogP contribution >= 0.6 is 23.2 Å². The van der Waals surface area contributed by atoms with Crippen molar-refractivity contribution in [2.45, 2.75) is 0 Å². The molecule has 19 heavy (non-hydrogen) atoms. The molecule has 0 fully saturated rings. The van der Waals surface area contributed by atoms with Gasteiger partial charge in [-0.05, 0) is 24.3 Å². The number of carboxylic acids is 1. The van der Waals surface area contributed by atoms with Crippen molar-refractivity contribution in [2.24, 2.45) is 0 Å². The van der Waals surface area contributed by atoms with Crippen LogP contribution in [0.15, 0.2) is 36.4 Å². The fraction of sp³-hybridized carbons (Fsp3) is 0. The van der Waals surface area contributed by atoms with E-state index in [-0.39, 0.29) is 11.3 Å². The highest BCUT2D eigenvalue weighted by atomic mass is 35.5. The lowest BCUT2D eigenvalue weighted by molar-refractivity contribution is 0.0698. The summed E-state index contributed by atoms with van der Waals surface area (Å²) in [6, 6.07) is 9.15. The summed E-state index contributed by atoms with van der Waals surface area (Å²) >= 11 is 11.7. The summed E-state index contributed by atoms with van der Waals surface area (Å²) in [6.45, 7) is 0. The second kappa shape index (κ2) is 5.38. The number of halogens is 2. The number of nitrogen functional groups attached to an aromatic ring is 1. The number of aromatic carboxylic acids is 1. The molecule has 0 amide bonds. The molecule has 2 aromatic rings. The van der Waals surface area contributed by atoms with Crippen molar-refractivity contribution < 1.29 is 14.6 Å². The van der Waals surface area contributed by atoms with E-state index < -0.39 is 5.97 Å². The van der Waals surface area contributed by atoms with Gasteiger partial charge in [0.2, 0.25) is 0 Å². The van der Waals surface area contributed by atoms with Crippen LogP contribution in [0.2, 0.25) is 10.0 Å². The predicted molar refractivity (Wildman–Crippen MR) is 74.3 cm³/mol. The molecular weight excluding hydrogens is 289 g/mol. The molecule has 6 heteroatoms. The SMILES string of the molecule is Nc1cc(Oc2ccc(Cl)c(Cl)c2)ccc1C(=O)O. The standard InChI is InChI=1S/C13H9Cl2NO3/c14-10-4-2-7(5-11(10)15)19-8-1-3-9(13(17)18)12(16)6-8/h1-6H,16H2,(H,17,18). The first-order chi connectivity index (χ1) is 8.97. The predicted octanol–water partition coefficient (Wildman–Crippen LogP) is 4.07. The summed E-state index contributed by atoms with van der Waals surface area (Å²) in [5.41, 5.74) is 5.78. The smallest absolute Gasteiger partial charge is 0.337 e. The van der Waals surface area contributed by atoms with Gasteiger partial charge in [0.15, 0.2) is 0 Å². The molecule has 0 bridgehead atoms. The van der Waals surface area contributed by atoms with Gasteiger partial charge in [-0.15, -0.1) is 0 Å². The highest BCUT2D eigenvalue weighted by Gasteiger charge is 2.09. The molecule has 0 aliphatic rings. The first kappa shape index (κ1) is 13.5. The van der Waals surface area contributed by atoms with Crippen molar-refractivity contribution >= 4 is 34.9 Å². The maximum absolute atomic E-state index is 10.8. The highest BCUT2D eigenvalue weighted by Crippen LogP contribution is 2.30. The molecule has 98 valence electrons. The summed E-state index contributed by atoms with van der Waals surface area (Å²) in [5.74, 6) is -0.184. The van der Waals surface area contributed by atoms with E-state index in [4.69, 9.17) is 38.8 Å². The van der Waals surface area contributed by atoms with Crippen molar-refractivity contribution in [3.05, 3.63) is 52.0 Å². The van der Waals surface area contributed by atoms with Crippen molar-refractivity contribution in [2.75, 3.05) is 5.73 Å². The molecule has 0 unspecified atom stereocenters. The molecule has 0 aliphatic heterocycles. The number of rotatable bonds is 3. The molecule has 0 radical (unpaired) electrons. The van der Waals surface area contributed by atoms with Crippen LogP contribution < -0.4 is 10.5 Å². The number of nitrogens with two attached hydrogens (primary N) is 1. The minimum atomic E-state index is -1.08. The molecule has 0 atom stereocenters. The first-order valence-electron chi connectivity index (χ1n) is 5.23. The lowest BCUT2D eigenvalue weighted by Gasteiger charge is -2.08. The number of anilines is 1. The number of hydrogen-bond acceptors (Lipinski definition) is 3. The van der Waals surface area contributed by atoms with Crippen molar-refractivity contribution in [3.63, 3.8) is 0 Å². The Morgan fingerprint density at radius 1 is 1.05 bits per heavy atom. The van der Waals surface area contributed by atoms with Crippen molar-refractivity contribution in [1.82, 2.24) is 0 Å². The van der Waals surface area contributed by atoms with Gasteiger partial charge in [0.05, 0.1) is 15.6 Å². The van der Waals surface area contributed by atoms with E-state index in [0.717, 1.165) is 0 Å². The van der Waals surface area contributed by atoms with Gasteiger partial charge >= 0.3 is 5.97 Å². The Labute approximate surface area is 119 Å². The topological polar surface area (TPSA) is 72.5 Å². The normalized spacial score (nSPS) is 10.2. The zero-order valence-corrected chi connectivity index (χ0v) is 11.1. The zero-order chi connectivity index (χ0) is 14.0. The third kappa shape index (κ3) is 3.10. The van der Waals surface area contributed by atoms with E-state index in [2.05, 4.69) is 0 Å². The van der Waals surface area contributed by atoms with Crippen LogP contribution in [0.4, 0.5) is 5.69 Å². The minimum Gasteiger partial charge on any atom is -0.478 e. The van der Waals surface area contributed by atoms with Crippen LogP contribution in [-0.4, -0.2) is 11.1 Å². The Kier molecular flexibility index (Phi) is 3.83. The largest absolute Gasteiger partial charge is 0.478 e. The van der Waals surface area contributed by atoms with Gasteiger partial charge in [-0.1, -0.05) is 23.2 Å². The lowest BCUT2D eigenvalue weighted by Crippen LogP contribution is -2.02. The fourth-order valence-electron chi connectivity index (χ4n) is 1.48. The molecule has 0 aromatic heterocycles. The Balaban J connectivity index is 2.26. The van der Waals surface area contributed by atoms with Crippen LogP contribution in [0.1, 0.15) is 10.4 Å². The van der Waals surface area contributed by atoms with E-state index in [1.54, 1.807) is 18.2 Å². The molecule has 0 saturated heterocycles. The van der Waals surface area contributed by atoms with Gasteiger partial charge in [-0.2, -0.15) is 0 Å². The molecule has 2 aromatic carbocycles. The molecular formula is C13H9Cl2NO3. The third-order valence-electron chi connectivity index (χ3n) is 2.38. The maximum Gasteiger partial charge on any atom is 0.337 e. The second-order valence-electron chi connectivity index (χ2n) is 3.73. The van der Waals surface area contributed by atoms with Crippen LogP contribution in [0.3, 0.4) is 0 Å². The fourth-order valence-corrected chi connectivity index (χ4v) is 1.76. The van der Waals surface area contributed by atoms with Crippen molar-refractivity contribution in [3.8, 4) is 11.5 Å². The van der Waals surface area contributed by atoms with Crippen LogP contribution in [0, 0.1) is 0 Å². The second-order valence-corrected chi connectivity index (χ2v) is 4.55. The monoisotopic (exact) mass is 297 g/mol. The Bertz CT molecular complexity index is 644. The number of carbonyl (C=O) groups is 1. The van der Waals surface area contributed by atoms with Gasteiger partial charge in [0.25, 0.3) is 0 Å². The Morgan fingerprint density at radius 3 is 2.26 bits per heavy atom. The zero-order valence-electron chi connectivity index (χ0n) is 9.56. The summed E-state index contributed by atoms with van der Waals surface area (Å²) in [7, 11) is 0. The van der Waals surface area contributed by atoms with Gasteiger partial charge in [-0.25, -0.2) is 4.79 Å². The van der Waals surface area contributed by atoms with E-state index in [1.165, 1.54) is 18.2 Å². The summed E-state index contributed by atoms with van der Waals surface area (Å²) < 4.78 is 5.51. The van der Waals surface area contributed by atoms with E-state index in [1.807, 2.05) is 0 Å². The number of ether oxygens (including phenoxy) is 1. The average Bonchev–Trinajstić information content (AvgIpc) is 2.33. The molecule has 4 nitrogen and oxygen atoms in total. The minimum absolute atomic E-state index is 0.0292. The lowest BCUT2D eigenvalue weighted by atomic mass is 10.2. The molecule has 0 aliphatic carbocycles. The van der Waals surface area contributed by atoms with E-state index >= 15 is 0 Å². The third-order valence-corrected chi connectivity index (χ3v) is 3.12. The molecule has 2 rings (SSSR count). The van der Waals surface area contributed by atoms with Gasteiger partial charge in [0, 0.05) is 17.8 Å². The number of carboxylic acid groups (broad SMARTS) is 1. The van der Waals surface area contributed by atoms with Crippen LogP contribution in [0.25, 0.3) is 0 Å². The van der Waals surface area contributed by atoms with Gasteiger partial charge in [0.1, 0.15) is 11.5 Å². The molecule has 0 heterocycles. The van der Waals surface area contributed by atoms with E-state index in [0.29, 0.717) is 21.5 Å². The summed E-state index contributed by atoms with van der Waals surface area (Å²) in [6.07, 6.45) is 0. The summed E-state index contributed by atoms with van der Waals surface area (Å²) in [4.78, 5) is 10.8. The average molecular weight is 298 g/mol. The van der Waals surface area contributed by atoms with Crippen molar-refractivity contribution in [1.29, 1.82) is 0 Å². The van der Waals surface area contributed by atoms with Crippen LogP contribution in [-0.2, 0) is 0 Å². The summed E-state index contributed by atoms with van der Waals surface area (Å²) in [5, 5.41) is 9.66. The Hall–Kier alpha value is -1.91. The van der Waals surface area contributed by atoms with E-state index in [9.17, 15) is 4.79 Å². The highest BCUT2D eigenvalue weighted by molar-refractivity contribution is 6.42.